The number of likely N-dealkylation sites (tertiary alicyclic amines) is 2. The number of likely N-dealkylation sites (N-methyl/N-ethyl adjacent to an activating group) is 1. The van der Waals surface area contributed by atoms with E-state index >= 15 is 0 Å². The van der Waals surface area contributed by atoms with Crippen molar-refractivity contribution >= 4 is 5.96 Å². The molecule has 0 amide bonds. The van der Waals surface area contributed by atoms with E-state index in [0.29, 0.717) is 0 Å². The smallest absolute Gasteiger partial charge is 0.193 e. The molecule has 3 aliphatic rings. The van der Waals surface area contributed by atoms with Gasteiger partial charge in [-0.25, -0.2) is 0 Å². The van der Waals surface area contributed by atoms with Crippen molar-refractivity contribution in [3.63, 3.8) is 0 Å². The maximum absolute atomic E-state index is 4.96. The molecule has 0 aromatic carbocycles. The predicted molar refractivity (Wildman–Crippen MR) is 111 cm³/mol. The van der Waals surface area contributed by atoms with Crippen LogP contribution in [0.15, 0.2) is 4.99 Å². The molecule has 0 radical (unpaired) electrons. The molecule has 1 saturated carbocycles. The van der Waals surface area contributed by atoms with Crippen molar-refractivity contribution in [1.82, 2.24) is 20.0 Å². The highest BCUT2D eigenvalue weighted by Gasteiger charge is 2.27. The molecule has 0 spiro atoms. The number of piperidine rings is 1. The molecule has 0 bridgehead atoms. The summed E-state index contributed by atoms with van der Waals surface area (Å²) in [5.41, 5.74) is 0. The molecule has 0 aromatic rings. The monoisotopic (exact) mass is 363 g/mol. The van der Waals surface area contributed by atoms with E-state index in [0.717, 1.165) is 37.6 Å². The first-order chi connectivity index (χ1) is 12.8. The number of hydrogen-bond donors (Lipinski definition) is 1. The van der Waals surface area contributed by atoms with Crippen molar-refractivity contribution in [2.24, 2.45) is 10.9 Å². The van der Waals surface area contributed by atoms with Gasteiger partial charge in [0.05, 0.1) is 6.54 Å². The van der Waals surface area contributed by atoms with Crippen molar-refractivity contribution in [3.05, 3.63) is 0 Å². The third-order valence-electron chi connectivity index (χ3n) is 6.55. The van der Waals surface area contributed by atoms with Crippen LogP contribution in [-0.4, -0.2) is 86.1 Å². The van der Waals surface area contributed by atoms with E-state index in [4.69, 9.17) is 4.99 Å². The van der Waals surface area contributed by atoms with Gasteiger partial charge in [-0.3, -0.25) is 4.99 Å². The van der Waals surface area contributed by atoms with Crippen molar-refractivity contribution in [2.45, 2.75) is 64.3 Å². The van der Waals surface area contributed by atoms with Crippen LogP contribution in [0.5, 0.6) is 0 Å². The SMILES string of the molecule is CCNC(=NCCN(C)C1CCCC1)N1CCC(CN2CCCCC2)C1. The Morgan fingerprint density at radius 1 is 1.04 bits per heavy atom. The molecule has 26 heavy (non-hydrogen) atoms. The Hall–Kier alpha value is -0.810. The van der Waals surface area contributed by atoms with Crippen LogP contribution in [0, 0.1) is 5.92 Å². The van der Waals surface area contributed by atoms with Gasteiger partial charge in [-0.1, -0.05) is 19.3 Å². The second kappa shape index (κ2) is 10.5. The van der Waals surface area contributed by atoms with Crippen LogP contribution in [-0.2, 0) is 0 Å². The van der Waals surface area contributed by atoms with Gasteiger partial charge in [0.2, 0.25) is 0 Å². The summed E-state index contributed by atoms with van der Waals surface area (Å²) in [5.74, 6) is 1.96. The van der Waals surface area contributed by atoms with E-state index in [9.17, 15) is 0 Å². The van der Waals surface area contributed by atoms with Gasteiger partial charge in [-0.05, 0) is 65.1 Å². The van der Waals surface area contributed by atoms with Crippen LogP contribution in [0.4, 0.5) is 0 Å². The zero-order chi connectivity index (χ0) is 18.2. The molecule has 5 nitrogen and oxygen atoms in total. The van der Waals surface area contributed by atoms with Crippen LogP contribution in [0.2, 0.25) is 0 Å². The summed E-state index contributed by atoms with van der Waals surface area (Å²) in [7, 11) is 2.28. The molecule has 1 atom stereocenters. The van der Waals surface area contributed by atoms with Gasteiger partial charge >= 0.3 is 0 Å². The van der Waals surface area contributed by atoms with E-state index in [1.807, 2.05) is 0 Å². The zero-order valence-corrected chi connectivity index (χ0v) is 17.3. The minimum absolute atomic E-state index is 0.800. The minimum Gasteiger partial charge on any atom is -0.357 e. The average Bonchev–Trinajstić information content (AvgIpc) is 3.34. The van der Waals surface area contributed by atoms with Crippen LogP contribution < -0.4 is 5.32 Å². The van der Waals surface area contributed by atoms with Crippen LogP contribution in [0.1, 0.15) is 58.3 Å². The molecule has 1 N–H and O–H groups in total. The van der Waals surface area contributed by atoms with E-state index in [1.54, 1.807) is 0 Å². The lowest BCUT2D eigenvalue weighted by Gasteiger charge is -2.29. The summed E-state index contributed by atoms with van der Waals surface area (Å²) in [6.07, 6.45) is 11.1. The quantitative estimate of drug-likeness (QED) is 0.557. The number of nitrogens with one attached hydrogen (secondary N) is 1. The Morgan fingerprint density at radius 3 is 2.54 bits per heavy atom. The Morgan fingerprint density at radius 2 is 1.81 bits per heavy atom. The Bertz CT molecular complexity index is 426. The molecule has 2 aliphatic heterocycles. The van der Waals surface area contributed by atoms with Gasteiger partial charge in [-0.15, -0.1) is 0 Å². The lowest BCUT2D eigenvalue weighted by atomic mass is 10.1. The van der Waals surface area contributed by atoms with Gasteiger partial charge < -0.3 is 20.0 Å². The van der Waals surface area contributed by atoms with Gasteiger partial charge in [0.1, 0.15) is 0 Å². The highest BCUT2D eigenvalue weighted by Crippen LogP contribution is 2.22. The first-order valence-corrected chi connectivity index (χ1v) is 11.2. The van der Waals surface area contributed by atoms with Crippen LogP contribution >= 0.6 is 0 Å². The molecule has 1 aliphatic carbocycles. The summed E-state index contributed by atoms with van der Waals surface area (Å²) in [4.78, 5) is 12.7. The molecule has 1 unspecified atom stereocenters. The number of hydrogen-bond acceptors (Lipinski definition) is 3. The molecule has 5 heteroatoms. The largest absolute Gasteiger partial charge is 0.357 e. The predicted octanol–water partition coefficient (Wildman–Crippen LogP) is 2.63. The normalized spacial score (nSPS) is 26.2. The first-order valence-electron chi connectivity index (χ1n) is 11.2. The molecule has 2 heterocycles. The highest BCUT2D eigenvalue weighted by molar-refractivity contribution is 5.80. The highest BCUT2D eigenvalue weighted by atomic mass is 15.3. The summed E-state index contributed by atoms with van der Waals surface area (Å²) in [6.45, 7) is 11.4. The van der Waals surface area contributed by atoms with E-state index in [1.165, 1.54) is 84.1 Å². The number of guanidine groups is 1. The number of rotatable bonds is 7. The fourth-order valence-electron chi connectivity index (χ4n) is 4.95. The molecule has 150 valence electrons. The number of aliphatic imine (C=N–C) groups is 1. The third kappa shape index (κ3) is 5.85. The average molecular weight is 364 g/mol. The lowest BCUT2D eigenvalue weighted by Crippen LogP contribution is -2.42. The van der Waals surface area contributed by atoms with Gasteiger partial charge in [0.25, 0.3) is 0 Å². The molecular formula is C21H41N5. The van der Waals surface area contributed by atoms with Crippen molar-refractivity contribution in [1.29, 1.82) is 0 Å². The van der Waals surface area contributed by atoms with Crippen LogP contribution in [0.3, 0.4) is 0 Å². The lowest BCUT2D eigenvalue weighted by molar-refractivity contribution is 0.198. The van der Waals surface area contributed by atoms with Gasteiger partial charge in [0, 0.05) is 38.8 Å². The Kier molecular flexibility index (Phi) is 8.06. The Balaban J connectivity index is 1.44. The summed E-state index contributed by atoms with van der Waals surface area (Å²) in [5, 5.41) is 3.54. The molecule has 3 rings (SSSR count). The fourth-order valence-corrected chi connectivity index (χ4v) is 4.95. The second-order valence-electron chi connectivity index (χ2n) is 8.62. The molecule has 0 aromatic heterocycles. The maximum Gasteiger partial charge on any atom is 0.193 e. The van der Waals surface area contributed by atoms with Gasteiger partial charge in [-0.2, -0.15) is 0 Å². The van der Waals surface area contributed by atoms with Crippen molar-refractivity contribution in [2.75, 3.05) is 59.4 Å². The number of nitrogens with zero attached hydrogens (tertiary/aromatic N) is 4. The van der Waals surface area contributed by atoms with E-state index < -0.39 is 0 Å². The summed E-state index contributed by atoms with van der Waals surface area (Å²) in [6, 6.07) is 0.800. The maximum atomic E-state index is 4.96. The van der Waals surface area contributed by atoms with E-state index in [-0.39, 0.29) is 0 Å². The standard InChI is InChI=1S/C21H41N5/c1-3-22-21(23-12-16-24(2)20-9-5-6-10-20)26-15-11-19(18-26)17-25-13-7-4-8-14-25/h19-20H,3-18H2,1-2H3,(H,22,23). The third-order valence-corrected chi connectivity index (χ3v) is 6.55. The van der Waals surface area contributed by atoms with Crippen molar-refractivity contribution < 1.29 is 0 Å². The Labute approximate surface area is 161 Å². The van der Waals surface area contributed by atoms with Gasteiger partial charge in [0.15, 0.2) is 5.96 Å². The molecule has 2 saturated heterocycles. The van der Waals surface area contributed by atoms with Crippen LogP contribution in [0.25, 0.3) is 0 Å². The molecular weight excluding hydrogens is 322 g/mol. The first kappa shape index (κ1) is 19.9. The zero-order valence-electron chi connectivity index (χ0n) is 17.3. The summed E-state index contributed by atoms with van der Waals surface area (Å²) >= 11 is 0. The topological polar surface area (TPSA) is 34.1 Å². The van der Waals surface area contributed by atoms with E-state index in [2.05, 4.69) is 34.0 Å². The second-order valence-corrected chi connectivity index (χ2v) is 8.62. The minimum atomic E-state index is 0.800. The van der Waals surface area contributed by atoms with Crippen molar-refractivity contribution in [3.8, 4) is 0 Å². The fraction of sp³-hybridized carbons (Fsp3) is 0.952. The molecule has 3 fully saturated rings. The summed E-state index contributed by atoms with van der Waals surface area (Å²) < 4.78 is 0.